The molecule has 1 unspecified atom stereocenters. The smallest absolute Gasteiger partial charge is 0.254 e. The standard InChI is InChI=1S/C16H14BrClFNO/c1-16(10-17,11-5-3-2-4-6-11)20-15(21)13-8-7-12(18)9-14(13)19/h2-9H,10H2,1H3,(H,20,21). The van der Waals surface area contributed by atoms with Crippen molar-refractivity contribution in [3.8, 4) is 0 Å². The van der Waals surface area contributed by atoms with E-state index in [2.05, 4.69) is 21.2 Å². The van der Waals surface area contributed by atoms with E-state index in [0.717, 1.165) is 11.6 Å². The molecule has 0 saturated carbocycles. The van der Waals surface area contributed by atoms with E-state index in [1.165, 1.54) is 12.1 Å². The lowest BCUT2D eigenvalue weighted by Gasteiger charge is -2.29. The zero-order valence-electron chi connectivity index (χ0n) is 11.4. The van der Waals surface area contributed by atoms with Gasteiger partial charge >= 0.3 is 0 Å². The minimum absolute atomic E-state index is 0.0255. The molecule has 2 nitrogen and oxygen atoms in total. The molecule has 1 atom stereocenters. The molecule has 5 heteroatoms. The number of carbonyl (C=O) groups excluding carboxylic acids is 1. The average molecular weight is 371 g/mol. The number of rotatable bonds is 4. The lowest BCUT2D eigenvalue weighted by molar-refractivity contribution is 0.0910. The summed E-state index contributed by atoms with van der Waals surface area (Å²) < 4.78 is 13.8. The third kappa shape index (κ3) is 3.63. The van der Waals surface area contributed by atoms with Crippen LogP contribution in [-0.4, -0.2) is 11.2 Å². The van der Waals surface area contributed by atoms with Crippen molar-refractivity contribution in [1.82, 2.24) is 5.32 Å². The molecule has 0 heterocycles. The largest absolute Gasteiger partial charge is 0.342 e. The summed E-state index contributed by atoms with van der Waals surface area (Å²) >= 11 is 9.11. The summed E-state index contributed by atoms with van der Waals surface area (Å²) in [5.74, 6) is -1.11. The van der Waals surface area contributed by atoms with Crippen LogP contribution in [0.25, 0.3) is 0 Å². The zero-order chi connectivity index (χ0) is 15.5. The summed E-state index contributed by atoms with van der Waals surface area (Å²) in [5, 5.41) is 3.63. The minimum Gasteiger partial charge on any atom is -0.342 e. The summed E-state index contributed by atoms with van der Waals surface area (Å²) in [5.41, 5.74) is 0.275. The summed E-state index contributed by atoms with van der Waals surface area (Å²) in [6.07, 6.45) is 0. The van der Waals surface area contributed by atoms with Crippen LogP contribution in [0.4, 0.5) is 4.39 Å². The van der Waals surface area contributed by atoms with Gasteiger partial charge in [-0.15, -0.1) is 0 Å². The summed E-state index contributed by atoms with van der Waals surface area (Å²) in [6, 6.07) is 13.5. The number of amides is 1. The van der Waals surface area contributed by atoms with Crippen LogP contribution in [0.1, 0.15) is 22.8 Å². The molecular weight excluding hydrogens is 357 g/mol. The zero-order valence-corrected chi connectivity index (χ0v) is 13.7. The van der Waals surface area contributed by atoms with E-state index >= 15 is 0 Å². The van der Waals surface area contributed by atoms with Gasteiger partial charge in [-0.1, -0.05) is 57.9 Å². The molecule has 1 N–H and O–H groups in total. The molecule has 0 aliphatic carbocycles. The van der Waals surface area contributed by atoms with E-state index in [0.29, 0.717) is 5.33 Å². The predicted octanol–water partition coefficient (Wildman–Crippen LogP) is 4.52. The van der Waals surface area contributed by atoms with Gasteiger partial charge in [-0.3, -0.25) is 4.79 Å². The monoisotopic (exact) mass is 369 g/mol. The molecular formula is C16H14BrClFNO. The van der Waals surface area contributed by atoms with E-state index in [1.54, 1.807) is 0 Å². The average Bonchev–Trinajstić information content (AvgIpc) is 2.47. The predicted molar refractivity (Wildman–Crippen MR) is 86.5 cm³/mol. The van der Waals surface area contributed by atoms with Crippen LogP contribution in [-0.2, 0) is 5.54 Å². The number of hydrogen-bond acceptors (Lipinski definition) is 1. The van der Waals surface area contributed by atoms with Crippen LogP contribution in [0.3, 0.4) is 0 Å². The minimum atomic E-state index is -0.635. The number of benzene rings is 2. The van der Waals surface area contributed by atoms with E-state index in [-0.39, 0.29) is 10.6 Å². The molecule has 0 aromatic heterocycles. The molecule has 0 bridgehead atoms. The second-order valence-corrected chi connectivity index (χ2v) is 5.91. The maximum Gasteiger partial charge on any atom is 0.254 e. The molecule has 2 aromatic rings. The molecule has 0 spiro atoms. The lowest BCUT2D eigenvalue weighted by atomic mass is 9.94. The highest BCUT2D eigenvalue weighted by Crippen LogP contribution is 2.24. The molecule has 0 saturated heterocycles. The van der Waals surface area contributed by atoms with Crippen molar-refractivity contribution in [2.45, 2.75) is 12.5 Å². The molecule has 0 fully saturated rings. The van der Waals surface area contributed by atoms with Crippen LogP contribution in [0.5, 0.6) is 0 Å². The van der Waals surface area contributed by atoms with Crippen LogP contribution < -0.4 is 5.32 Å². The fraction of sp³-hybridized carbons (Fsp3) is 0.188. The maximum atomic E-state index is 13.8. The Bertz CT molecular complexity index is 650. The third-order valence-electron chi connectivity index (χ3n) is 3.24. The topological polar surface area (TPSA) is 29.1 Å². The first kappa shape index (κ1) is 16.0. The molecule has 0 aliphatic heterocycles. The highest BCUT2D eigenvalue weighted by Gasteiger charge is 2.28. The molecule has 21 heavy (non-hydrogen) atoms. The van der Waals surface area contributed by atoms with Gasteiger partial charge in [-0.05, 0) is 30.7 Å². The fourth-order valence-corrected chi connectivity index (χ4v) is 2.60. The maximum absolute atomic E-state index is 13.8. The molecule has 2 aromatic carbocycles. The fourth-order valence-electron chi connectivity index (χ4n) is 1.98. The van der Waals surface area contributed by atoms with Crippen LogP contribution in [0.2, 0.25) is 5.02 Å². The first-order valence-electron chi connectivity index (χ1n) is 6.35. The highest BCUT2D eigenvalue weighted by atomic mass is 79.9. The van der Waals surface area contributed by atoms with Gasteiger partial charge in [-0.25, -0.2) is 4.39 Å². The van der Waals surface area contributed by atoms with Gasteiger partial charge < -0.3 is 5.32 Å². The van der Waals surface area contributed by atoms with E-state index in [9.17, 15) is 9.18 Å². The van der Waals surface area contributed by atoms with E-state index in [1.807, 2.05) is 37.3 Å². The van der Waals surface area contributed by atoms with Crippen LogP contribution in [0.15, 0.2) is 48.5 Å². The Kier molecular flexibility index (Phi) is 5.01. The first-order chi connectivity index (χ1) is 9.96. The van der Waals surface area contributed by atoms with Crippen LogP contribution >= 0.6 is 27.5 Å². The van der Waals surface area contributed by atoms with Crippen molar-refractivity contribution in [1.29, 1.82) is 0 Å². The SMILES string of the molecule is CC(CBr)(NC(=O)c1ccc(Cl)cc1F)c1ccccc1. The Morgan fingerprint density at radius 1 is 1.29 bits per heavy atom. The first-order valence-corrected chi connectivity index (χ1v) is 7.85. The Labute approximate surface area is 136 Å². The molecule has 2 rings (SSSR count). The van der Waals surface area contributed by atoms with Crippen molar-refractivity contribution in [2.24, 2.45) is 0 Å². The van der Waals surface area contributed by atoms with Crippen molar-refractivity contribution < 1.29 is 9.18 Å². The van der Waals surface area contributed by atoms with Gasteiger partial charge in [-0.2, -0.15) is 0 Å². The number of alkyl halides is 1. The lowest BCUT2D eigenvalue weighted by Crippen LogP contribution is -2.45. The van der Waals surface area contributed by atoms with Gasteiger partial charge in [0.25, 0.3) is 5.91 Å². The second kappa shape index (κ2) is 6.58. The molecule has 0 radical (unpaired) electrons. The normalized spacial score (nSPS) is 13.5. The van der Waals surface area contributed by atoms with E-state index < -0.39 is 17.3 Å². The van der Waals surface area contributed by atoms with Crippen LogP contribution in [0, 0.1) is 5.82 Å². The van der Waals surface area contributed by atoms with E-state index in [4.69, 9.17) is 11.6 Å². The Morgan fingerprint density at radius 2 is 1.95 bits per heavy atom. The van der Waals surface area contributed by atoms with Gasteiger partial charge in [0.15, 0.2) is 0 Å². The Morgan fingerprint density at radius 3 is 2.52 bits per heavy atom. The quantitative estimate of drug-likeness (QED) is 0.788. The third-order valence-corrected chi connectivity index (χ3v) is 4.60. The Hall–Kier alpha value is -1.39. The van der Waals surface area contributed by atoms with Crippen molar-refractivity contribution in [3.05, 3.63) is 70.5 Å². The molecule has 110 valence electrons. The highest BCUT2D eigenvalue weighted by molar-refractivity contribution is 9.09. The van der Waals surface area contributed by atoms with Gasteiger partial charge in [0.05, 0.1) is 11.1 Å². The number of halogens is 3. The van der Waals surface area contributed by atoms with Crippen molar-refractivity contribution >= 4 is 33.4 Å². The number of carbonyl (C=O) groups is 1. The second-order valence-electron chi connectivity index (χ2n) is 4.91. The molecule has 1 amide bonds. The number of nitrogens with one attached hydrogen (secondary N) is 1. The number of hydrogen-bond donors (Lipinski definition) is 1. The van der Waals surface area contributed by atoms with Crippen molar-refractivity contribution in [2.75, 3.05) is 5.33 Å². The Balaban J connectivity index is 2.28. The summed E-state index contributed by atoms with van der Waals surface area (Å²) in [4.78, 5) is 12.3. The van der Waals surface area contributed by atoms with Gasteiger partial charge in [0.2, 0.25) is 0 Å². The summed E-state index contributed by atoms with van der Waals surface area (Å²) in [6.45, 7) is 1.88. The summed E-state index contributed by atoms with van der Waals surface area (Å²) in [7, 11) is 0. The van der Waals surface area contributed by atoms with Gasteiger partial charge in [0.1, 0.15) is 5.82 Å². The van der Waals surface area contributed by atoms with Gasteiger partial charge in [0, 0.05) is 10.4 Å². The molecule has 0 aliphatic rings. The van der Waals surface area contributed by atoms with Crippen molar-refractivity contribution in [3.63, 3.8) is 0 Å².